The predicted octanol–water partition coefficient (Wildman–Crippen LogP) is 2.46. The molecule has 0 aliphatic rings. The number of benzene rings is 1. The average molecular weight is 230 g/mol. The van der Waals surface area contributed by atoms with Crippen LogP contribution in [0.5, 0.6) is 0 Å². The van der Waals surface area contributed by atoms with Crippen LogP contribution < -0.4 is 0 Å². The van der Waals surface area contributed by atoms with Gasteiger partial charge in [0.2, 0.25) is 11.6 Å². The molecule has 0 amide bonds. The zero-order chi connectivity index (χ0) is 12.4. The number of aromatic nitrogens is 2. The van der Waals surface area contributed by atoms with Gasteiger partial charge in [-0.15, -0.1) is 0 Å². The van der Waals surface area contributed by atoms with E-state index in [-0.39, 0.29) is 17.2 Å². The molecule has 0 fully saturated rings. The number of carbonyl (C=O) groups is 1. The van der Waals surface area contributed by atoms with E-state index in [9.17, 15) is 9.18 Å². The van der Waals surface area contributed by atoms with Gasteiger partial charge in [0.25, 0.3) is 0 Å². The minimum atomic E-state index is -0.430. The monoisotopic (exact) mass is 230 g/mol. The molecular formula is C13H11FN2O. The molecule has 0 radical (unpaired) electrons. The third kappa shape index (κ3) is 2.53. The summed E-state index contributed by atoms with van der Waals surface area (Å²) in [6.45, 7) is 3.57. The topological polar surface area (TPSA) is 42.9 Å². The number of ketones is 1. The van der Waals surface area contributed by atoms with Crippen molar-refractivity contribution in [1.29, 1.82) is 0 Å². The summed E-state index contributed by atoms with van der Waals surface area (Å²) >= 11 is 0. The minimum absolute atomic E-state index is 0.0839. The Bertz CT molecular complexity index is 544. The molecular weight excluding hydrogens is 219 g/mol. The highest BCUT2D eigenvalue weighted by Gasteiger charge is 2.13. The van der Waals surface area contributed by atoms with Crippen molar-refractivity contribution < 1.29 is 9.18 Å². The van der Waals surface area contributed by atoms with Crippen molar-refractivity contribution in [3.63, 3.8) is 0 Å². The Kier molecular flexibility index (Phi) is 2.95. The molecule has 4 heteroatoms. The molecule has 0 unspecified atom stereocenters. The van der Waals surface area contributed by atoms with Crippen molar-refractivity contribution in [2.24, 2.45) is 0 Å². The summed E-state index contributed by atoms with van der Waals surface area (Å²) in [5, 5.41) is 0. The van der Waals surface area contributed by atoms with E-state index in [1.54, 1.807) is 25.4 Å². The third-order valence-corrected chi connectivity index (χ3v) is 2.29. The van der Waals surface area contributed by atoms with E-state index in [0.29, 0.717) is 5.56 Å². The molecule has 0 atom stereocenters. The van der Waals surface area contributed by atoms with Gasteiger partial charge in [0, 0.05) is 18.0 Å². The van der Waals surface area contributed by atoms with E-state index < -0.39 is 5.82 Å². The van der Waals surface area contributed by atoms with E-state index >= 15 is 0 Å². The lowest BCUT2D eigenvalue weighted by Gasteiger charge is -2.02. The standard InChI is InChI=1S/C13H11FN2O/c1-8-3-10(5-11(14)4-8)12(17)13-15-6-9(2)7-16-13/h3-7H,1-2H3. The molecule has 1 aromatic heterocycles. The Morgan fingerprint density at radius 2 is 1.71 bits per heavy atom. The summed E-state index contributed by atoms with van der Waals surface area (Å²) in [5.74, 6) is -0.714. The average Bonchev–Trinajstić information content (AvgIpc) is 2.28. The van der Waals surface area contributed by atoms with Gasteiger partial charge in [-0.25, -0.2) is 14.4 Å². The van der Waals surface area contributed by atoms with E-state index in [0.717, 1.165) is 5.56 Å². The number of halogens is 1. The fraction of sp³-hybridized carbons (Fsp3) is 0.154. The molecule has 3 nitrogen and oxygen atoms in total. The Balaban J connectivity index is 2.40. The SMILES string of the molecule is Cc1cnc(C(=O)c2cc(C)cc(F)c2)nc1. The van der Waals surface area contributed by atoms with Crippen molar-refractivity contribution in [1.82, 2.24) is 9.97 Å². The van der Waals surface area contributed by atoms with Gasteiger partial charge in [-0.2, -0.15) is 0 Å². The Hall–Kier alpha value is -2.10. The third-order valence-electron chi connectivity index (χ3n) is 2.29. The minimum Gasteiger partial charge on any atom is -0.285 e. The van der Waals surface area contributed by atoms with Gasteiger partial charge in [0.1, 0.15) is 5.82 Å². The molecule has 0 saturated carbocycles. The Morgan fingerprint density at radius 1 is 1.06 bits per heavy atom. The van der Waals surface area contributed by atoms with Gasteiger partial charge in [0.15, 0.2) is 0 Å². The highest BCUT2D eigenvalue weighted by Crippen LogP contribution is 2.11. The van der Waals surface area contributed by atoms with Crippen molar-refractivity contribution >= 4 is 5.78 Å². The van der Waals surface area contributed by atoms with Gasteiger partial charge in [-0.1, -0.05) is 0 Å². The molecule has 0 N–H and O–H groups in total. The van der Waals surface area contributed by atoms with Gasteiger partial charge in [-0.05, 0) is 43.2 Å². The molecule has 0 saturated heterocycles. The maximum Gasteiger partial charge on any atom is 0.230 e. The molecule has 1 heterocycles. The van der Waals surface area contributed by atoms with Crippen LogP contribution in [0.15, 0.2) is 30.6 Å². The first kappa shape index (κ1) is 11.4. The quantitative estimate of drug-likeness (QED) is 0.744. The van der Waals surface area contributed by atoms with Crippen LogP contribution in [0.1, 0.15) is 27.3 Å². The summed E-state index contributed by atoms with van der Waals surface area (Å²) in [4.78, 5) is 19.8. The van der Waals surface area contributed by atoms with Crippen molar-refractivity contribution in [3.8, 4) is 0 Å². The smallest absolute Gasteiger partial charge is 0.230 e. The van der Waals surface area contributed by atoms with Crippen LogP contribution in [-0.2, 0) is 0 Å². The molecule has 2 aromatic rings. The van der Waals surface area contributed by atoms with Crippen LogP contribution in [-0.4, -0.2) is 15.8 Å². The van der Waals surface area contributed by atoms with E-state index in [1.807, 2.05) is 6.92 Å². The number of hydrogen-bond acceptors (Lipinski definition) is 3. The number of aryl methyl sites for hydroxylation is 2. The molecule has 17 heavy (non-hydrogen) atoms. The highest BCUT2D eigenvalue weighted by molar-refractivity contribution is 6.06. The number of hydrogen-bond donors (Lipinski definition) is 0. The van der Waals surface area contributed by atoms with Gasteiger partial charge in [0.05, 0.1) is 0 Å². The first-order valence-electron chi connectivity index (χ1n) is 5.17. The van der Waals surface area contributed by atoms with Gasteiger partial charge in [-0.3, -0.25) is 4.79 Å². The molecule has 0 bridgehead atoms. The Morgan fingerprint density at radius 3 is 2.29 bits per heavy atom. The molecule has 86 valence electrons. The first-order valence-corrected chi connectivity index (χ1v) is 5.17. The van der Waals surface area contributed by atoms with Crippen molar-refractivity contribution in [2.75, 3.05) is 0 Å². The lowest BCUT2D eigenvalue weighted by molar-refractivity contribution is 0.102. The van der Waals surface area contributed by atoms with Crippen LogP contribution >= 0.6 is 0 Å². The molecule has 1 aromatic carbocycles. The fourth-order valence-electron chi connectivity index (χ4n) is 1.51. The summed E-state index contributed by atoms with van der Waals surface area (Å²) < 4.78 is 13.2. The molecule has 0 aliphatic heterocycles. The molecule has 2 rings (SSSR count). The van der Waals surface area contributed by atoms with Crippen LogP contribution in [0.2, 0.25) is 0 Å². The largest absolute Gasteiger partial charge is 0.285 e. The van der Waals surface area contributed by atoms with E-state index in [4.69, 9.17) is 0 Å². The second-order valence-electron chi connectivity index (χ2n) is 3.93. The number of nitrogens with zero attached hydrogens (tertiary/aromatic N) is 2. The zero-order valence-corrected chi connectivity index (χ0v) is 9.57. The Labute approximate surface area is 98.3 Å². The van der Waals surface area contributed by atoms with E-state index in [2.05, 4.69) is 9.97 Å². The van der Waals surface area contributed by atoms with Gasteiger partial charge >= 0.3 is 0 Å². The zero-order valence-electron chi connectivity index (χ0n) is 9.57. The molecule has 0 aliphatic carbocycles. The predicted molar refractivity (Wildman–Crippen MR) is 61.3 cm³/mol. The van der Waals surface area contributed by atoms with Crippen LogP contribution in [0, 0.1) is 19.7 Å². The van der Waals surface area contributed by atoms with Crippen molar-refractivity contribution in [2.45, 2.75) is 13.8 Å². The number of rotatable bonds is 2. The van der Waals surface area contributed by atoms with E-state index in [1.165, 1.54) is 12.1 Å². The number of carbonyl (C=O) groups excluding carboxylic acids is 1. The van der Waals surface area contributed by atoms with Crippen molar-refractivity contribution in [3.05, 3.63) is 58.9 Å². The second-order valence-corrected chi connectivity index (χ2v) is 3.93. The highest BCUT2D eigenvalue weighted by atomic mass is 19.1. The van der Waals surface area contributed by atoms with Gasteiger partial charge < -0.3 is 0 Å². The lowest BCUT2D eigenvalue weighted by atomic mass is 10.1. The molecule has 0 spiro atoms. The summed E-state index contributed by atoms with van der Waals surface area (Å²) in [5.41, 5.74) is 1.84. The lowest BCUT2D eigenvalue weighted by Crippen LogP contribution is -2.07. The fourth-order valence-corrected chi connectivity index (χ4v) is 1.51. The first-order chi connectivity index (χ1) is 8.06. The van der Waals surface area contributed by atoms with Crippen LogP contribution in [0.3, 0.4) is 0 Å². The normalized spacial score (nSPS) is 10.3. The maximum absolute atomic E-state index is 13.2. The maximum atomic E-state index is 13.2. The summed E-state index contributed by atoms with van der Waals surface area (Å²) in [6.07, 6.45) is 3.12. The van der Waals surface area contributed by atoms with Crippen LogP contribution in [0.4, 0.5) is 4.39 Å². The summed E-state index contributed by atoms with van der Waals surface area (Å²) in [6, 6.07) is 4.18. The van der Waals surface area contributed by atoms with Crippen LogP contribution in [0.25, 0.3) is 0 Å². The second kappa shape index (κ2) is 4.41. The summed E-state index contributed by atoms with van der Waals surface area (Å²) in [7, 11) is 0.